The first-order chi connectivity index (χ1) is 16.7. The Morgan fingerprint density at radius 1 is 1.26 bits per heavy atom. The molecule has 10 nitrogen and oxygen atoms in total. The summed E-state index contributed by atoms with van der Waals surface area (Å²) in [6, 6.07) is 6.95. The van der Waals surface area contributed by atoms with Crippen molar-refractivity contribution in [2.24, 2.45) is 11.8 Å². The molecule has 3 aromatic rings. The number of nitrogens with one attached hydrogen (secondary N) is 3. The second-order valence-electron chi connectivity index (χ2n) is 9.28. The molecule has 0 bridgehead atoms. The van der Waals surface area contributed by atoms with Crippen molar-refractivity contribution in [3.63, 3.8) is 0 Å². The van der Waals surface area contributed by atoms with Crippen LogP contribution in [0.4, 0.5) is 10.7 Å². The zero-order valence-corrected chi connectivity index (χ0v) is 20.5. The smallest absolute Gasteiger partial charge is 0.410 e. The molecule has 11 heteroatoms. The van der Waals surface area contributed by atoms with Gasteiger partial charge in [0.2, 0.25) is 5.95 Å². The van der Waals surface area contributed by atoms with Gasteiger partial charge in [0.25, 0.3) is 0 Å². The SMILES string of the molecule is C[C@H](CO)Nc1nc2nc(C(=N)NC(=O)O)nc(-c3cccc(Cl)c3)c2n1C[C@H]1CC[C@H](C)CC1. The fraction of sp³-hybridized carbons (Fsp3) is 0.458. The average molecular weight is 500 g/mol. The van der Waals surface area contributed by atoms with Crippen LogP contribution in [-0.4, -0.2) is 54.3 Å². The summed E-state index contributed by atoms with van der Waals surface area (Å²) in [4.78, 5) is 24.8. The Morgan fingerprint density at radius 3 is 2.66 bits per heavy atom. The van der Waals surface area contributed by atoms with E-state index in [-0.39, 0.29) is 18.5 Å². The van der Waals surface area contributed by atoms with E-state index in [0.717, 1.165) is 18.8 Å². The van der Waals surface area contributed by atoms with E-state index in [1.54, 1.807) is 12.1 Å². The highest BCUT2D eigenvalue weighted by atomic mass is 35.5. The van der Waals surface area contributed by atoms with E-state index < -0.39 is 11.9 Å². The summed E-state index contributed by atoms with van der Waals surface area (Å²) in [5, 5.41) is 32.7. The number of anilines is 1. The van der Waals surface area contributed by atoms with E-state index in [9.17, 15) is 9.90 Å². The van der Waals surface area contributed by atoms with Crippen molar-refractivity contribution in [2.75, 3.05) is 11.9 Å². The van der Waals surface area contributed by atoms with Crippen LogP contribution in [0.25, 0.3) is 22.4 Å². The van der Waals surface area contributed by atoms with Crippen molar-refractivity contribution in [1.82, 2.24) is 24.8 Å². The van der Waals surface area contributed by atoms with Crippen LogP contribution in [0.3, 0.4) is 0 Å². The average Bonchev–Trinajstić information content (AvgIpc) is 3.16. The molecule has 2 aromatic heterocycles. The molecule has 5 N–H and O–H groups in total. The van der Waals surface area contributed by atoms with Gasteiger partial charge in [-0.2, -0.15) is 4.98 Å². The number of carboxylic acid groups (broad SMARTS) is 1. The molecule has 2 heterocycles. The minimum Gasteiger partial charge on any atom is -0.465 e. The summed E-state index contributed by atoms with van der Waals surface area (Å²) in [6.45, 7) is 4.76. The number of carbonyl (C=O) groups is 1. The van der Waals surface area contributed by atoms with Gasteiger partial charge in [-0.05, 0) is 43.7 Å². The second kappa shape index (κ2) is 10.6. The molecule has 0 unspecified atom stereocenters. The molecule has 1 aliphatic carbocycles. The number of benzene rings is 1. The van der Waals surface area contributed by atoms with E-state index in [1.807, 2.05) is 24.4 Å². The third-order valence-electron chi connectivity index (χ3n) is 6.38. The van der Waals surface area contributed by atoms with Crippen LogP contribution < -0.4 is 10.6 Å². The number of amidine groups is 1. The zero-order valence-electron chi connectivity index (χ0n) is 19.8. The van der Waals surface area contributed by atoms with Crippen LogP contribution in [0.2, 0.25) is 5.02 Å². The largest absolute Gasteiger partial charge is 0.465 e. The van der Waals surface area contributed by atoms with E-state index in [1.165, 1.54) is 12.8 Å². The fourth-order valence-corrected chi connectivity index (χ4v) is 4.66. The van der Waals surface area contributed by atoms with E-state index in [0.29, 0.717) is 45.9 Å². The number of aliphatic hydroxyl groups excluding tert-OH is 1. The monoisotopic (exact) mass is 499 g/mol. The molecule has 4 rings (SSSR count). The van der Waals surface area contributed by atoms with Gasteiger partial charge in [0, 0.05) is 23.2 Å². The maximum atomic E-state index is 11.1. The molecule has 35 heavy (non-hydrogen) atoms. The number of aromatic nitrogens is 4. The van der Waals surface area contributed by atoms with E-state index in [2.05, 4.69) is 26.8 Å². The Kier molecular flexibility index (Phi) is 7.51. The Labute approximate surface area is 208 Å². The molecule has 0 saturated heterocycles. The summed E-state index contributed by atoms with van der Waals surface area (Å²) in [5.74, 6) is 1.18. The van der Waals surface area contributed by atoms with Gasteiger partial charge in [-0.3, -0.25) is 10.7 Å². The molecule has 1 atom stereocenters. The Balaban J connectivity index is 1.90. The first-order valence-electron chi connectivity index (χ1n) is 11.8. The molecule has 0 aliphatic heterocycles. The molecule has 1 fully saturated rings. The standard InChI is InChI=1S/C24H30ClN7O3/c1-13-6-8-15(9-7-13)11-32-19-18(16-4-3-5-17(25)10-16)28-22(20(26)29-24(34)35)30-21(19)31-23(32)27-14(2)12-33/h3-5,10,13-15,33H,6-9,11-12H2,1-2H3,(H2,26,29)(H,34,35)(H,27,28,30,31)/t13-,14-,15-/m1/s1. The molecule has 186 valence electrons. The highest BCUT2D eigenvalue weighted by molar-refractivity contribution is 6.30. The molecule has 1 amide bonds. The van der Waals surface area contributed by atoms with Crippen LogP contribution in [0.15, 0.2) is 24.3 Å². The Morgan fingerprint density at radius 2 is 2.00 bits per heavy atom. The first-order valence-corrected chi connectivity index (χ1v) is 12.1. The van der Waals surface area contributed by atoms with Gasteiger partial charge in [-0.1, -0.05) is 43.5 Å². The summed E-state index contributed by atoms with van der Waals surface area (Å²) >= 11 is 6.28. The predicted octanol–water partition coefficient (Wildman–Crippen LogP) is 4.36. The minimum absolute atomic E-state index is 0.0740. The van der Waals surface area contributed by atoms with Crippen LogP contribution >= 0.6 is 11.6 Å². The minimum atomic E-state index is -1.38. The topological polar surface area (TPSA) is 149 Å². The first kappa shape index (κ1) is 24.9. The Bertz CT molecular complexity index is 1240. The van der Waals surface area contributed by atoms with Crippen LogP contribution in [0.1, 0.15) is 45.4 Å². The maximum absolute atomic E-state index is 11.1. The van der Waals surface area contributed by atoms with Gasteiger partial charge in [0.1, 0.15) is 11.2 Å². The van der Waals surface area contributed by atoms with Crippen LogP contribution in [-0.2, 0) is 6.54 Å². The number of imidazole rings is 1. The number of nitrogens with zero attached hydrogens (tertiary/aromatic N) is 4. The number of hydrogen-bond donors (Lipinski definition) is 5. The number of aliphatic hydroxyl groups is 1. The van der Waals surface area contributed by atoms with Crippen molar-refractivity contribution in [3.05, 3.63) is 35.1 Å². The molecule has 0 spiro atoms. The summed E-state index contributed by atoms with van der Waals surface area (Å²) < 4.78 is 2.05. The van der Waals surface area contributed by atoms with Gasteiger partial charge < -0.3 is 20.1 Å². The third-order valence-corrected chi connectivity index (χ3v) is 6.62. The number of halogens is 1. The molecule has 0 radical (unpaired) electrons. The van der Waals surface area contributed by atoms with E-state index >= 15 is 0 Å². The van der Waals surface area contributed by atoms with Gasteiger partial charge in [0.15, 0.2) is 17.3 Å². The molecular formula is C24H30ClN7O3. The lowest BCUT2D eigenvalue weighted by atomic mass is 9.83. The summed E-state index contributed by atoms with van der Waals surface area (Å²) in [6.07, 6.45) is 3.18. The van der Waals surface area contributed by atoms with Crippen LogP contribution in [0.5, 0.6) is 0 Å². The molecular weight excluding hydrogens is 470 g/mol. The summed E-state index contributed by atoms with van der Waals surface area (Å²) in [5.41, 5.74) is 2.21. The molecule has 1 aliphatic rings. The van der Waals surface area contributed by atoms with Crippen molar-refractivity contribution in [1.29, 1.82) is 5.41 Å². The lowest BCUT2D eigenvalue weighted by molar-refractivity contribution is 0.200. The second-order valence-corrected chi connectivity index (χ2v) is 9.72. The predicted molar refractivity (Wildman–Crippen MR) is 135 cm³/mol. The number of rotatable bonds is 7. The van der Waals surface area contributed by atoms with Gasteiger partial charge in [0.05, 0.1) is 6.61 Å². The van der Waals surface area contributed by atoms with Crippen molar-refractivity contribution in [3.8, 4) is 11.3 Å². The molecule has 1 saturated carbocycles. The highest BCUT2D eigenvalue weighted by Crippen LogP contribution is 2.34. The molecule has 1 aromatic carbocycles. The lowest BCUT2D eigenvalue weighted by Gasteiger charge is -2.27. The fourth-order valence-electron chi connectivity index (χ4n) is 4.47. The third kappa shape index (κ3) is 5.71. The normalized spacial score (nSPS) is 18.9. The lowest BCUT2D eigenvalue weighted by Crippen LogP contribution is -2.30. The van der Waals surface area contributed by atoms with Gasteiger partial charge in [-0.25, -0.2) is 14.8 Å². The maximum Gasteiger partial charge on any atom is 0.410 e. The van der Waals surface area contributed by atoms with Crippen LogP contribution in [0, 0.1) is 17.2 Å². The van der Waals surface area contributed by atoms with Crippen molar-refractivity contribution >= 4 is 40.6 Å². The van der Waals surface area contributed by atoms with Crippen molar-refractivity contribution < 1.29 is 15.0 Å². The number of amides is 1. The number of fused-ring (bicyclic) bond motifs is 1. The Hall–Kier alpha value is -3.24. The number of hydrogen-bond acceptors (Lipinski definition) is 7. The quantitative estimate of drug-likeness (QED) is 0.239. The van der Waals surface area contributed by atoms with Crippen molar-refractivity contribution in [2.45, 2.75) is 52.1 Å². The van der Waals surface area contributed by atoms with Gasteiger partial charge in [-0.15, -0.1) is 0 Å². The summed E-state index contributed by atoms with van der Waals surface area (Å²) in [7, 11) is 0. The van der Waals surface area contributed by atoms with Gasteiger partial charge >= 0.3 is 6.09 Å². The highest BCUT2D eigenvalue weighted by Gasteiger charge is 2.25. The zero-order chi connectivity index (χ0) is 25.1. The van der Waals surface area contributed by atoms with E-state index in [4.69, 9.17) is 27.1 Å².